The van der Waals surface area contributed by atoms with E-state index in [1.54, 1.807) is 0 Å². The zero-order chi connectivity index (χ0) is 21.7. The van der Waals surface area contributed by atoms with Gasteiger partial charge in [-0.05, 0) is 37.0 Å². The molecule has 30 heavy (non-hydrogen) atoms. The van der Waals surface area contributed by atoms with Crippen LogP contribution in [0.15, 0.2) is 39.4 Å². The minimum absolute atomic E-state index is 0.0626. The summed E-state index contributed by atoms with van der Waals surface area (Å²) in [6, 6.07) is 7.65. The van der Waals surface area contributed by atoms with Crippen molar-refractivity contribution in [1.29, 1.82) is 5.41 Å². The van der Waals surface area contributed by atoms with Crippen molar-refractivity contribution in [2.24, 2.45) is 22.1 Å². The van der Waals surface area contributed by atoms with Crippen molar-refractivity contribution in [3.05, 3.63) is 57.3 Å². The number of H-pyrrole nitrogens is 1. The summed E-state index contributed by atoms with van der Waals surface area (Å²) >= 11 is 0. The molecule has 1 aromatic carbocycles. The molecule has 2 aromatic rings. The highest BCUT2D eigenvalue weighted by Crippen LogP contribution is 2.26. The third-order valence-corrected chi connectivity index (χ3v) is 5.13. The maximum atomic E-state index is 11.6. The number of benzene rings is 1. The van der Waals surface area contributed by atoms with E-state index in [9.17, 15) is 4.79 Å². The lowest BCUT2D eigenvalue weighted by molar-refractivity contribution is 0.243. The lowest BCUT2D eigenvalue weighted by Crippen LogP contribution is -2.46. The maximum absolute atomic E-state index is 11.6. The average Bonchev–Trinajstić information content (AvgIpc) is 2.67. The zero-order valence-corrected chi connectivity index (χ0v) is 17.9. The Labute approximate surface area is 176 Å². The van der Waals surface area contributed by atoms with E-state index in [0.29, 0.717) is 18.3 Å². The van der Waals surface area contributed by atoms with Gasteiger partial charge in [-0.3, -0.25) is 15.1 Å². The molecule has 0 spiro atoms. The number of hydrogen-bond acceptors (Lipinski definition) is 6. The maximum Gasteiger partial charge on any atom is 0.273 e. The summed E-state index contributed by atoms with van der Waals surface area (Å²) < 4.78 is 0. The number of nitrogens with two attached hydrogens (primary N) is 1. The van der Waals surface area contributed by atoms with Crippen LogP contribution in [-0.2, 0) is 13.0 Å². The molecule has 0 amide bonds. The van der Waals surface area contributed by atoms with Crippen LogP contribution in [0, 0.1) is 18.3 Å². The average molecular weight is 411 g/mol. The van der Waals surface area contributed by atoms with Gasteiger partial charge in [0.15, 0.2) is 5.84 Å². The van der Waals surface area contributed by atoms with Crippen molar-refractivity contribution in [2.45, 2.75) is 33.7 Å². The molecule has 9 heteroatoms. The van der Waals surface area contributed by atoms with Crippen molar-refractivity contribution < 1.29 is 0 Å². The van der Waals surface area contributed by atoms with Gasteiger partial charge < -0.3 is 15.7 Å². The number of hydrogen-bond donors (Lipinski definition) is 3. The molecule has 1 aromatic heterocycles. The molecule has 2 heterocycles. The van der Waals surface area contributed by atoms with Crippen molar-refractivity contribution >= 4 is 11.5 Å². The van der Waals surface area contributed by atoms with Gasteiger partial charge in [-0.1, -0.05) is 25.1 Å². The number of anilines is 1. The Morgan fingerprint density at radius 3 is 2.63 bits per heavy atom. The molecular formula is C21H30N8O. The Hall–Kier alpha value is -3.07. The van der Waals surface area contributed by atoms with E-state index >= 15 is 0 Å². The van der Waals surface area contributed by atoms with Gasteiger partial charge >= 0.3 is 0 Å². The molecule has 0 unspecified atom stereocenters. The largest absolute Gasteiger partial charge is 0.368 e. The molecule has 0 radical (unpaired) electrons. The Morgan fingerprint density at radius 2 is 2.00 bits per heavy atom. The Morgan fingerprint density at radius 1 is 1.27 bits per heavy atom. The third kappa shape index (κ3) is 5.50. The van der Waals surface area contributed by atoms with E-state index in [1.807, 2.05) is 13.0 Å². The van der Waals surface area contributed by atoms with Gasteiger partial charge in [-0.2, -0.15) is 4.98 Å². The van der Waals surface area contributed by atoms with Gasteiger partial charge in [0.2, 0.25) is 0 Å². The number of amidine groups is 1. The highest BCUT2D eigenvalue weighted by molar-refractivity contribution is 6.02. The highest BCUT2D eigenvalue weighted by Gasteiger charge is 2.22. The smallest absolute Gasteiger partial charge is 0.273 e. The standard InChI is InChI=1S/C21H30N8O/c1-14(2)10-16-4-5-17(21(22)26-27-23)18(12-16)29-8-6-28(7-9-29)13-19-24-15(3)11-20(30)25-19/h4-5,11-12,14H,6-10,13H2,1-3H3,(H3,22,23,26)(H,24,25,30). The van der Waals surface area contributed by atoms with E-state index < -0.39 is 0 Å². The Bertz CT molecular complexity index is 973. The molecule has 0 bridgehead atoms. The predicted molar refractivity (Wildman–Crippen MR) is 118 cm³/mol. The van der Waals surface area contributed by atoms with Crippen molar-refractivity contribution in [1.82, 2.24) is 14.9 Å². The molecule has 1 aliphatic rings. The number of piperazine rings is 1. The number of nitrogens with one attached hydrogen (secondary N) is 2. The van der Waals surface area contributed by atoms with Crippen LogP contribution >= 0.6 is 0 Å². The normalized spacial score (nSPS) is 15.3. The lowest BCUT2D eigenvalue weighted by Gasteiger charge is -2.36. The monoisotopic (exact) mass is 410 g/mol. The van der Waals surface area contributed by atoms with Crippen LogP contribution in [0.4, 0.5) is 5.69 Å². The topological polar surface area (TPSA) is 127 Å². The van der Waals surface area contributed by atoms with Gasteiger partial charge in [0.05, 0.1) is 6.54 Å². The molecule has 0 saturated carbocycles. The van der Waals surface area contributed by atoms with Crippen LogP contribution in [0.2, 0.25) is 0 Å². The van der Waals surface area contributed by atoms with E-state index in [4.69, 9.17) is 11.3 Å². The third-order valence-electron chi connectivity index (χ3n) is 5.13. The van der Waals surface area contributed by atoms with Gasteiger partial charge in [-0.25, -0.2) is 0 Å². The van der Waals surface area contributed by atoms with E-state index in [2.05, 4.69) is 56.1 Å². The van der Waals surface area contributed by atoms with Crippen molar-refractivity contribution in [2.75, 3.05) is 31.1 Å². The minimum atomic E-state index is -0.209. The summed E-state index contributed by atoms with van der Waals surface area (Å²) in [4.78, 5) is 23.5. The summed E-state index contributed by atoms with van der Waals surface area (Å²) in [5.74, 6) is 6.47. The fraction of sp³-hybridized carbons (Fsp3) is 0.476. The van der Waals surface area contributed by atoms with Gasteiger partial charge in [-0.15, -0.1) is 5.11 Å². The van der Waals surface area contributed by atoms with Crippen LogP contribution in [0.5, 0.6) is 0 Å². The quantitative estimate of drug-likeness (QED) is 0.221. The summed E-state index contributed by atoms with van der Waals surface area (Å²) in [6.07, 6.45) is 0.978. The predicted octanol–water partition coefficient (Wildman–Crippen LogP) is 2.25. The molecule has 3 rings (SSSR count). The van der Waals surface area contributed by atoms with Crippen LogP contribution < -0.4 is 16.3 Å². The lowest BCUT2D eigenvalue weighted by atomic mass is 9.99. The summed E-state index contributed by atoms with van der Waals surface area (Å²) in [5, 5.41) is 15.2. The number of nitrogens with zero attached hydrogens (tertiary/aromatic N) is 5. The molecule has 0 aliphatic carbocycles. The first-order chi connectivity index (χ1) is 14.4. The van der Waals surface area contributed by atoms with Crippen LogP contribution in [0.3, 0.4) is 0 Å². The first kappa shape index (κ1) is 21.6. The Balaban J connectivity index is 1.75. The number of aromatic nitrogens is 2. The fourth-order valence-electron chi connectivity index (χ4n) is 3.82. The zero-order valence-electron chi connectivity index (χ0n) is 17.9. The first-order valence-electron chi connectivity index (χ1n) is 10.2. The second-order valence-electron chi connectivity index (χ2n) is 8.13. The summed E-state index contributed by atoms with van der Waals surface area (Å²) in [6.45, 7) is 10.1. The van der Waals surface area contributed by atoms with Crippen molar-refractivity contribution in [3.63, 3.8) is 0 Å². The van der Waals surface area contributed by atoms with Gasteiger partial charge in [0, 0.05) is 49.2 Å². The van der Waals surface area contributed by atoms with E-state index in [-0.39, 0.29) is 11.4 Å². The SMILES string of the molecule is Cc1cc(=O)nc(CN2CCN(c3cc(CC(C)C)ccc3C(=N)/N=N\N)CC2)[nH]1. The minimum Gasteiger partial charge on any atom is -0.368 e. The molecule has 1 saturated heterocycles. The van der Waals surface area contributed by atoms with Crippen LogP contribution in [-0.4, -0.2) is 46.9 Å². The van der Waals surface area contributed by atoms with E-state index in [0.717, 1.165) is 49.5 Å². The summed E-state index contributed by atoms with van der Waals surface area (Å²) in [7, 11) is 0. The Kier molecular flexibility index (Phi) is 6.94. The van der Waals surface area contributed by atoms with E-state index in [1.165, 1.54) is 11.6 Å². The molecule has 1 fully saturated rings. The molecule has 9 nitrogen and oxygen atoms in total. The molecule has 1 aliphatic heterocycles. The molecule has 4 N–H and O–H groups in total. The number of aryl methyl sites for hydroxylation is 1. The number of rotatable bonds is 6. The second kappa shape index (κ2) is 9.62. The fourth-order valence-corrected chi connectivity index (χ4v) is 3.82. The highest BCUT2D eigenvalue weighted by atomic mass is 16.1. The number of aromatic amines is 1. The van der Waals surface area contributed by atoms with Crippen LogP contribution in [0.25, 0.3) is 0 Å². The first-order valence-corrected chi connectivity index (χ1v) is 10.2. The summed E-state index contributed by atoms with van der Waals surface area (Å²) in [5.41, 5.74) is 3.58. The molecular weight excluding hydrogens is 380 g/mol. The van der Waals surface area contributed by atoms with Gasteiger partial charge in [0.25, 0.3) is 5.56 Å². The van der Waals surface area contributed by atoms with Crippen LogP contribution in [0.1, 0.15) is 36.5 Å². The second-order valence-corrected chi connectivity index (χ2v) is 8.13. The molecule has 160 valence electrons. The molecule has 0 atom stereocenters. The van der Waals surface area contributed by atoms with Gasteiger partial charge in [0.1, 0.15) is 5.82 Å². The van der Waals surface area contributed by atoms with Crippen molar-refractivity contribution in [3.8, 4) is 0 Å².